The summed E-state index contributed by atoms with van der Waals surface area (Å²) in [6.45, 7) is 9.10. The van der Waals surface area contributed by atoms with Crippen LogP contribution in [-0.4, -0.2) is 43.7 Å². The number of rotatable bonds is 4. The molecule has 1 aromatic carbocycles. The third-order valence-electron chi connectivity index (χ3n) is 5.05. The van der Waals surface area contributed by atoms with Crippen LogP contribution in [0.15, 0.2) is 24.3 Å². The van der Waals surface area contributed by atoms with Crippen molar-refractivity contribution in [3.8, 4) is 0 Å². The van der Waals surface area contributed by atoms with Crippen LogP contribution in [0.1, 0.15) is 32.3 Å². The van der Waals surface area contributed by atoms with Crippen LogP contribution in [0.5, 0.6) is 0 Å². The molecular formula is C18H28N2O. The standard InChI is InChI=1S/C18H28N2O/c1-14(2)18-12-19-9-5-8-17(19)11-20(18)16-7-4-6-15(10-16)13-21-3/h4,6-7,10,14,17-18H,5,8-9,11-13H2,1-3H3. The van der Waals surface area contributed by atoms with Crippen LogP contribution < -0.4 is 4.90 Å². The Hall–Kier alpha value is -1.06. The SMILES string of the molecule is COCc1cccc(N2CC3CCCN3CC2C(C)C)c1. The van der Waals surface area contributed by atoms with E-state index >= 15 is 0 Å². The van der Waals surface area contributed by atoms with Crippen molar-refractivity contribution in [3.63, 3.8) is 0 Å². The average molecular weight is 288 g/mol. The van der Waals surface area contributed by atoms with Gasteiger partial charge in [0.15, 0.2) is 0 Å². The number of fused-ring (bicyclic) bond motifs is 1. The fourth-order valence-electron chi connectivity index (χ4n) is 3.90. The molecule has 2 atom stereocenters. The second-order valence-corrected chi connectivity index (χ2v) is 6.86. The molecule has 2 saturated heterocycles. The molecule has 2 aliphatic heterocycles. The van der Waals surface area contributed by atoms with Crippen molar-refractivity contribution in [3.05, 3.63) is 29.8 Å². The molecule has 2 unspecified atom stereocenters. The Morgan fingerprint density at radius 1 is 1.29 bits per heavy atom. The highest BCUT2D eigenvalue weighted by atomic mass is 16.5. The first kappa shape index (κ1) is 14.9. The monoisotopic (exact) mass is 288 g/mol. The van der Waals surface area contributed by atoms with Crippen LogP contribution in [0.3, 0.4) is 0 Å². The molecule has 2 aliphatic rings. The van der Waals surface area contributed by atoms with Crippen molar-refractivity contribution in [2.75, 3.05) is 31.6 Å². The van der Waals surface area contributed by atoms with Crippen LogP contribution in [-0.2, 0) is 11.3 Å². The molecule has 2 heterocycles. The summed E-state index contributed by atoms with van der Waals surface area (Å²) in [5, 5.41) is 0. The molecular weight excluding hydrogens is 260 g/mol. The Morgan fingerprint density at radius 3 is 2.90 bits per heavy atom. The Morgan fingerprint density at radius 2 is 2.14 bits per heavy atom. The summed E-state index contributed by atoms with van der Waals surface area (Å²) in [5.74, 6) is 0.678. The van der Waals surface area contributed by atoms with Crippen molar-refractivity contribution in [1.82, 2.24) is 4.90 Å². The molecule has 0 N–H and O–H groups in total. The van der Waals surface area contributed by atoms with Crippen LogP contribution in [0.2, 0.25) is 0 Å². The normalized spacial score (nSPS) is 26.4. The van der Waals surface area contributed by atoms with Crippen molar-refractivity contribution in [1.29, 1.82) is 0 Å². The fraction of sp³-hybridized carbons (Fsp3) is 0.667. The first-order valence-electron chi connectivity index (χ1n) is 8.27. The van der Waals surface area contributed by atoms with Gasteiger partial charge in [-0.2, -0.15) is 0 Å². The number of methoxy groups -OCH3 is 1. The van der Waals surface area contributed by atoms with Crippen molar-refractivity contribution < 1.29 is 4.74 Å². The van der Waals surface area contributed by atoms with Gasteiger partial charge in [0.25, 0.3) is 0 Å². The molecule has 2 fully saturated rings. The number of hydrogen-bond donors (Lipinski definition) is 0. The molecule has 0 aliphatic carbocycles. The Labute approximate surface area is 128 Å². The Kier molecular flexibility index (Phi) is 4.51. The molecule has 3 rings (SSSR count). The molecule has 0 amide bonds. The van der Waals surface area contributed by atoms with E-state index in [2.05, 4.69) is 47.9 Å². The van der Waals surface area contributed by atoms with Gasteiger partial charge in [-0.1, -0.05) is 26.0 Å². The molecule has 0 aromatic heterocycles. The maximum atomic E-state index is 5.29. The number of piperazine rings is 1. The van der Waals surface area contributed by atoms with Gasteiger partial charge >= 0.3 is 0 Å². The summed E-state index contributed by atoms with van der Waals surface area (Å²) in [6, 6.07) is 10.3. The van der Waals surface area contributed by atoms with Crippen molar-refractivity contribution in [2.24, 2.45) is 5.92 Å². The highest BCUT2D eigenvalue weighted by Crippen LogP contribution is 2.31. The molecule has 0 bridgehead atoms. The first-order valence-corrected chi connectivity index (χ1v) is 8.27. The maximum absolute atomic E-state index is 5.29. The minimum atomic E-state index is 0.622. The van der Waals surface area contributed by atoms with Crippen molar-refractivity contribution in [2.45, 2.75) is 45.4 Å². The van der Waals surface area contributed by atoms with E-state index < -0.39 is 0 Å². The third-order valence-corrected chi connectivity index (χ3v) is 5.05. The van der Waals surface area contributed by atoms with Gasteiger partial charge < -0.3 is 9.64 Å². The van der Waals surface area contributed by atoms with Gasteiger partial charge in [-0.05, 0) is 43.0 Å². The third kappa shape index (κ3) is 3.09. The van der Waals surface area contributed by atoms with E-state index in [0.29, 0.717) is 18.6 Å². The predicted molar refractivity (Wildman–Crippen MR) is 87.7 cm³/mol. The van der Waals surface area contributed by atoms with Gasteiger partial charge in [0.1, 0.15) is 0 Å². The number of ether oxygens (including phenoxy) is 1. The number of nitrogens with zero attached hydrogens (tertiary/aromatic N) is 2. The minimum Gasteiger partial charge on any atom is -0.380 e. The van der Waals surface area contributed by atoms with Gasteiger partial charge in [0, 0.05) is 38.0 Å². The highest BCUT2D eigenvalue weighted by molar-refractivity contribution is 5.50. The molecule has 0 spiro atoms. The van der Waals surface area contributed by atoms with E-state index in [1.54, 1.807) is 7.11 Å². The van der Waals surface area contributed by atoms with Gasteiger partial charge in [-0.3, -0.25) is 4.90 Å². The van der Waals surface area contributed by atoms with Crippen molar-refractivity contribution >= 4 is 5.69 Å². The average Bonchev–Trinajstić information content (AvgIpc) is 2.94. The minimum absolute atomic E-state index is 0.622. The number of benzene rings is 1. The molecule has 116 valence electrons. The van der Waals surface area contributed by atoms with Crippen LogP contribution in [0.4, 0.5) is 5.69 Å². The van der Waals surface area contributed by atoms with E-state index in [1.165, 1.54) is 43.7 Å². The topological polar surface area (TPSA) is 15.7 Å². The van der Waals surface area contributed by atoms with E-state index in [4.69, 9.17) is 4.74 Å². The molecule has 3 nitrogen and oxygen atoms in total. The largest absolute Gasteiger partial charge is 0.380 e. The first-order chi connectivity index (χ1) is 10.2. The van der Waals surface area contributed by atoms with Crippen LogP contribution in [0.25, 0.3) is 0 Å². The van der Waals surface area contributed by atoms with Crippen LogP contribution in [0, 0.1) is 5.92 Å². The zero-order valence-electron chi connectivity index (χ0n) is 13.6. The fourth-order valence-corrected chi connectivity index (χ4v) is 3.90. The van der Waals surface area contributed by atoms with Gasteiger partial charge in [-0.25, -0.2) is 0 Å². The number of hydrogen-bond acceptors (Lipinski definition) is 3. The van der Waals surface area contributed by atoms with E-state index in [1.807, 2.05) is 0 Å². The quantitative estimate of drug-likeness (QED) is 0.846. The Bertz CT molecular complexity index is 474. The molecule has 3 heteroatoms. The highest BCUT2D eigenvalue weighted by Gasteiger charge is 2.37. The molecule has 1 aromatic rings. The second kappa shape index (κ2) is 6.37. The van der Waals surface area contributed by atoms with Crippen LogP contribution >= 0.6 is 0 Å². The summed E-state index contributed by atoms with van der Waals surface area (Å²) in [5.41, 5.74) is 2.64. The zero-order chi connectivity index (χ0) is 14.8. The lowest BCUT2D eigenvalue weighted by atomic mass is 9.96. The van der Waals surface area contributed by atoms with Gasteiger partial charge in [-0.15, -0.1) is 0 Å². The molecule has 0 saturated carbocycles. The second-order valence-electron chi connectivity index (χ2n) is 6.86. The predicted octanol–water partition coefficient (Wildman–Crippen LogP) is 3.14. The Balaban J connectivity index is 1.84. The molecule has 0 radical (unpaired) electrons. The molecule has 21 heavy (non-hydrogen) atoms. The number of anilines is 1. The summed E-state index contributed by atoms with van der Waals surface area (Å²) in [4.78, 5) is 5.36. The zero-order valence-corrected chi connectivity index (χ0v) is 13.6. The maximum Gasteiger partial charge on any atom is 0.0713 e. The van der Waals surface area contributed by atoms with E-state index in [-0.39, 0.29) is 0 Å². The lowest BCUT2D eigenvalue weighted by Crippen LogP contribution is -2.58. The summed E-state index contributed by atoms with van der Waals surface area (Å²) in [7, 11) is 1.76. The lowest BCUT2D eigenvalue weighted by Gasteiger charge is -2.47. The van der Waals surface area contributed by atoms with E-state index in [9.17, 15) is 0 Å². The summed E-state index contributed by atoms with van der Waals surface area (Å²) < 4.78 is 5.29. The van der Waals surface area contributed by atoms with Gasteiger partial charge in [0.05, 0.1) is 6.61 Å². The smallest absolute Gasteiger partial charge is 0.0713 e. The summed E-state index contributed by atoms with van der Waals surface area (Å²) >= 11 is 0. The summed E-state index contributed by atoms with van der Waals surface area (Å²) in [6.07, 6.45) is 2.73. The van der Waals surface area contributed by atoms with Gasteiger partial charge in [0.2, 0.25) is 0 Å². The van der Waals surface area contributed by atoms with E-state index in [0.717, 1.165) is 6.04 Å². The lowest BCUT2D eigenvalue weighted by molar-refractivity contribution is 0.176.